The fraction of sp³-hybridized carbons (Fsp3) is 1.00. The zero-order chi connectivity index (χ0) is 11.9. The molecule has 0 heterocycles. The third kappa shape index (κ3) is 14.0. The van der Waals surface area contributed by atoms with Crippen molar-refractivity contribution in [3.05, 3.63) is 0 Å². The highest BCUT2D eigenvalue weighted by molar-refractivity contribution is 4.65. The summed E-state index contributed by atoms with van der Waals surface area (Å²) in [6, 6.07) is 0. The molecule has 0 atom stereocenters. The van der Waals surface area contributed by atoms with Gasteiger partial charge in [-0.2, -0.15) is 0 Å². The Morgan fingerprint density at radius 1 is 1.00 bits per heavy atom. The van der Waals surface area contributed by atoms with Gasteiger partial charge in [-0.3, -0.25) is 0 Å². The molecule has 0 bridgehead atoms. The van der Waals surface area contributed by atoms with E-state index >= 15 is 0 Å². The smallest absolute Gasteiger partial charge is 0.00772 e. The van der Waals surface area contributed by atoms with E-state index in [1.165, 1.54) is 51.4 Å². The monoisotopic (exact) mass is 215 g/mol. The highest BCUT2D eigenvalue weighted by atomic mass is 14.5. The first-order chi connectivity index (χ1) is 7.35. The molecule has 0 aliphatic heterocycles. The number of rotatable bonds is 3. The van der Waals surface area contributed by atoms with Gasteiger partial charge in [0.1, 0.15) is 0 Å². The lowest BCUT2D eigenvalue weighted by atomic mass is 9.86. The SMILES string of the molecule is CC.CCC.NCCCC1CCCCC1. The molecule has 0 radical (unpaired) electrons. The van der Waals surface area contributed by atoms with Gasteiger partial charge in [-0.1, -0.05) is 66.2 Å². The molecule has 1 saturated carbocycles. The van der Waals surface area contributed by atoms with Crippen molar-refractivity contribution >= 4 is 0 Å². The van der Waals surface area contributed by atoms with Crippen molar-refractivity contribution in [1.29, 1.82) is 0 Å². The van der Waals surface area contributed by atoms with Crippen LogP contribution in [0, 0.1) is 5.92 Å². The highest BCUT2D eigenvalue weighted by Crippen LogP contribution is 2.26. The van der Waals surface area contributed by atoms with Crippen LogP contribution in [0.15, 0.2) is 0 Å². The molecule has 1 aliphatic carbocycles. The number of hydrogen-bond acceptors (Lipinski definition) is 1. The van der Waals surface area contributed by atoms with Crippen molar-refractivity contribution in [2.75, 3.05) is 6.54 Å². The molecule has 0 amide bonds. The number of hydrogen-bond donors (Lipinski definition) is 1. The molecular formula is C14H33N. The van der Waals surface area contributed by atoms with Gasteiger partial charge in [-0.05, 0) is 25.3 Å². The van der Waals surface area contributed by atoms with Gasteiger partial charge in [0.15, 0.2) is 0 Å². The minimum Gasteiger partial charge on any atom is -0.330 e. The summed E-state index contributed by atoms with van der Waals surface area (Å²) in [4.78, 5) is 0. The Balaban J connectivity index is 0. The van der Waals surface area contributed by atoms with Gasteiger partial charge < -0.3 is 5.73 Å². The van der Waals surface area contributed by atoms with E-state index in [9.17, 15) is 0 Å². The van der Waals surface area contributed by atoms with Crippen LogP contribution in [0.4, 0.5) is 0 Å². The summed E-state index contributed by atoms with van der Waals surface area (Å²) in [6.07, 6.45) is 11.2. The van der Waals surface area contributed by atoms with E-state index < -0.39 is 0 Å². The lowest BCUT2D eigenvalue weighted by molar-refractivity contribution is 0.334. The normalized spacial score (nSPS) is 15.8. The first-order valence-electron chi connectivity index (χ1n) is 7.05. The van der Waals surface area contributed by atoms with Gasteiger partial charge >= 0.3 is 0 Å². The lowest BCUT2D eigenvalue weighted by Gasteiger charge is -2.20. The maximum atomic E-state index is 5.45. The molecule has 2 N–H and O–H groups in total. The quantitative estimate of drug-likeness (QED) is 0.722. The summed E-state index contributed by atoms with van der Waals surface area (Å²) >= 11 is 0. The lowest BCUT2D eigenvalue weighted by Crippen LogP contribution is -2.08. The Morgan fingerprint density at radius 3 is 1.87 bits per heavy atom. The Kier molecular flexibility index (Phi) is 19.0. The molecule has 0 unspecified atom stereocenters. The molecule has 0 aromatic heterocycles. The summed E-state index contributed by atoms with van der Waals surface area (Å²) in [5.41, 5.74) is 5.45. The van der Waals surface area contributed by atoms with Crippen LogP contribution < -0.4 is 5.73 Å². The fourth-order valence-corrected chi connectivity index (χ4v) is 1.88. The molecular weight excluding hydrogens is 182 g/mol. The third-order valence-electron chi connectivity index (χ3n) is 2.54. The minimum atomic E-state index is 0.885. The van der Waals surface area contributed by atoms with Crippen LogP contribution >= 0.6 is 0 Å². The Bertz CT molecular complexity index is 85.3. The minimum absolute atomic E-state index is 0.885. The largest absolute Gasteiger partial charge is 0.330 e. The zero-order valence-electron chi connectivity index (χ0n) is 11.5. The summed E-state index contributed by atoms with van der Waals surface area (Å²) in [5.74, 6) is 1.03. The molecule has 1 rings (SSSR count). The summed E-state index contributed by atoms with van der Waals surface area (Å²) in [7, 11) is 0. The molecule has 0 saturated heterocycles. The van der Waals surface area contributed by atoms with Crippen LogP contribution in [0.5, 0.6) is 0 Å². The first kappa shape index (κ1) is 17.4. The van der Waals surface area contributed by atoms with Crippen molar-refractivity contribution < 1.29 is 0 Å². The first-order valence-corrected chi connectivity index (χ1v) is 7.05. The van der Waals surface area contributed by atoms with Crippen LogP contribution in [0.2, 0.25) is 0 Å². The molecule has 1 fully saturated rings. The van der Waals surface area contributed by atoms with Crippen molar-refractivity contribution in [2.45, 2.75) is 79.1 Å². The van der Waals surface area contributed by atoms with Gasteiger partial charge in [0.2, 0.25) is 0 Å². The van der Waals surface area contributed by atoms with Gasteiger partial charge in [-0.15, -0.1) is 0 Å². The van der Waals surface area contributed by atoms with E-state index in [0.29, 0.717) is 0 Å². The van der Waals surface area contributed by atoms with Crippen LogP contribution in [-0.2, 0) is 0 Å². The van der Waals surface area contributed by atoms with Crippen LogP contribution in [0.25, 0.3) is 0 Å². The zero-order valence-corrected chi connectivity index (χ0v) is 11.5. The van der Waals surface area contributed by atoms with E-state index in [0.717, 1.165) is 12.5 Å². The topological polar surface area (TPSA) is 26.0 Å². The third-order valence-corrected chi connectivity index (χ3v) is 2.54. The molecule has 94 valence electrons. The molecule has 15 heavy (non-hydrogen) atoms. The van der Waals surface area contributed by atoms with E-state index in [2.05, 4.69) is 13.8 Å². The maximum absolute atomic E-state index is 5.45. The van der Waals surface area contributed by atoms with Crippen LogP contribution in [0.1, 0.15) is 79.1 Å². The van der Waals surface area contributed by atoms with E-state index in [1.807, 2.05) is 13.8 Å². The van der Waals surface area contributed by atoms with E-state index in [1.54, 1.807) is 0 Å². The van der Waals surface area contributed by atoms with Gasteiger partial charge in [0, 0.05) is 0 Å². The fourth-order valence-electron chi connectivity index (χ4n) is 1.88. The molecule has 0 aromatic rings. The van der Waals surface area contributed by atoms with Gasteiger partial charge in [0.25, 0.3) is 0 Å². The summed E-state index contributed by atoms with van der Waals surface area (Å²) < 4.78 is 0. The second-order valence-corrected chi connectivity index (χ2v) is 4.14. The summed E-state index contributed by atoms with van der Waals surface area (Å²) in [5, 5.41) is 0. The second kappa shape index (κ2) is 16.4. The predicted molar refractivity (Wildman–Crippen MR) is 72.2 cm³/mol. The van der Waals surface area contributed by atoms with Crippen molar-refractivity contribution in [3.63, 3.8) is 0 Å². The molecule has 0 spiro atoms. The Hall–Kier alpha value is -0.0400. The van der Waals surface area contributed by atoms with Crippen molar-refractivity contribution in [1.82, 2.24) is 0 Å². The average molecular weight is 215 g/mol. The average Bonchev–Trinajstić information content (AvgIpc) is 2.31. The molecule has 0 aromatic carbocycles. The van der Waals surface area contributed by atoms with Crippen LogP contribution in [-0.4, -0.2) is 6.54 Å². The Labute approximate surface area is 97.8 Å². The molecule has 1 aliphatic rings. The predicted octanol–water partition coefficient (Wildman–Crippen LogP) is 4.75. The highest BCUT2D eigenvalue weighted by Gasteiger charge is 2.11. The Morgan fingerprint density at radius 2 is 1.47 bits per heavy atom. The van der Waals surface area contributed by atoms with E-state index in [4.69, 9.17) is 5.73 Å². The van der Waals surface area contributed by atoms with E-state index in [-0.39, 0.29) is 0 Å². The van der Waals surface area contributed by atoms with Crippen molar-refractivity contribution in [2.24, 2.45) is 11.7 Å². The number of nitrogens with two attached hydrogens (primary N) is 1. The summed E-state index contributed by atoms with van der Waals surface area (Å²) in [6.45, 7) is 9.14. The standard InChI is InChI=1S/C9H19N.C3H8.C2H6/c10-8-4-7-9-5-2-1-3-6-9;1-3-2;1-2/h9H,1-8,10H2;3H2,1-2H3;1-2H3. The maximum Gasteiger partial charge on any atom is -0.00772 e. The second-order valence-electron chi connectivity index (χ2n) is 4.14. The molecule has 1 nitrogen and oxygen atoms in total. The van der Waals surface area contributed by atoms with Crippen LogP contribution in [0.3, 0.4) is 0 Å². The molecule has 1 heteroatoms. The van der Waals surface area contributed by atoms with Crippen molar-refractivity contribution in [3.8, 4) is 0 Å². The van der Waals surface area contributed by atoms with Gasteiger partial charge in [-0.25, -0.2) is 0 Å². The van der Waals surface area contributed by atoms with Gasteiger partial charge in [0.05, 0.1) is 0 Å².